The normalized spacial score (nSPS) is 15.8. The van der Waals surface area contributed by atoms with Crippen molar-refractivity contribution in [3.8, 4) is 5.75 Å². The molecule has 0 aliphatic carbocycles. The Hall–Kier alpha value is -2.81. The van der Waals surface area contributed by atoms with Crippen LogP contribution in [0, 0.1) is 0 Å². The van der Waals surface area contributed by atoms with Crippen molar-refractivity contribution in [3.05, 3.63) is 40.2 Å². The molecule has 26 heavy (non-hydrogen) atoms. The molecule has 0 fully saturated rings. The summed E-state index contributed by atoms with van der Waals surface area (Å²) in [7, 11) is 1.55. The fourth-order valence-electron chi connectivity index (χ4n) is 2.68. The quantitative estimate of drug-likeness (QED) is 0.545. The second kappa shape index (κ2) is 7.61. The van der Waals surface area contributed by atoms with Crippen LogP contribution in [0.15, 0.2) is 34.2 Å². The Kier molecular flexibility index (Phi) is 5.27. The molecule has 0 radical (unpaired) electrons. The number of fused-ring (bicyclic) bond motifs is 1. The van der Waals surface area contributed by atoms with Crippen molar-refractivity contribution in [2.75, 3.05) is 23.5 Å². The summed E-state index contributed by atoms with van der Waals surface area (Å²) in [4.78, 5) is 44.1. The minimum atomic E-state index is -0.905. The molecule has 2 aromatic rings. The van der Waals surface area contributed by atoms with Crippen molar-refractivity contribution in [2.45, 2.75) is 24.4 Å². The number of methoxy groups -OCH3 is 1. The number of nitrogens with one attached hydrogen (secondary N) is 3. The van der Waals surface area contributed by atoms with Gasteiger partial charge >= 0.3 is 0 Å². The number of carbonyl (C=O) groups is 2. The minimum absolute atomic E-state index is 0.111. The highest BCUT2D eigenvalue weighted by Crippen LogP contribution is 2.30. The van der Waals surface area contributed by atoms with Gasteiger partial charge in [-0.2, -0.15) is 0 Å². The third kappa shape index (κ3) is 3.72. The molecule has 1 aliphatic rings. The highest BCUT2D eigenvalue weighted by molar-refractivity contribution is 7.99. The number of thioether (sulfide) groups is 1. The summed E-state index contributed by atoms with van der Waals surface area (Å²) in [6, 6.07) is 6.79. The van der Waals surface area contributed by atoms with Crippen molar-refractivity contribution < 1.29 is 14.3 Å². The van der Waals surface area contributed by atoms with Crippen molar-refractivity contribution in [1.82, 2.24) is 9.97 Å². The number of nitrogens with zero attached hydrogens (tertiary/aromatic N) is 1. The van der Waals surface area contributed by atoms with Crippen LogP contribution >= 0.6 is 11.8 Å². The summed E-state index contributed by atoms with van der Waals surface area (Å²) in [6.07, 6.45) is -0.111. The largest absolute Gasteiger partial charge is 0.497 e. The third-order valence-corrected chi connectivity index (χ3v) is 4.64. The molecule has 8 nitrogen and oxygen atoms in total. The predicted octanol–water partition coefficient (Wildman–Crippen LogP) is 1.95. The maximum Gasteiger partial charge on any atom is 0.257 e. The first-order valence-electron chi connectivity index (χ1n) is 8.03. The Morgan fingerprint density at radius 1 is 1.35 bits per heavy atom. The first-order valence-corrected chi connectivity index (χ1v) is 9.02. The number of aromatic amines is 1. The zero-order valence-corrected chi connectivity index (χ0v) is 15.1. The molecule has 3 N–H and O–H groups in total. The van der Waals surface area contributed by atoms with Gasteiger partial charge in [0.15, 0.2) is 5.16 Å². The molecule has 3 rings (SSSR count). The maximum atomic E-state index is 12.7. The molecule has 1 aromatic heterocycles. The lowest BCUT2D eigenvalue weighted by molar-refractivity contribution is -0.123. The highest BCUT2D eigenvalue weighted by Gasteiger charge is 2.34. The summed E-state index contributed by atoms with van der Waals surface area (Å²) in [5.74, 6) is -0.162. The first-order chi connectivity index (χ1) is 12.5. The van der Waals surface area contributed by atoms with E-state index >= 15 is 0 Å². The molecule has 1 aliphatic heterocycles. The zero-order valence-electron chi connectivity index (χ0n) is 14.3. The predicted molar refractivity (Wildman–Crippen MR) is 98.9 cm³/mol. The summed E-state index contributed by atoms with van der Waals surface area (Å²) in [5, 5.41) is 5.72. The minimum Gasteiger partial charge on any atom is -0.497 e. The Morgan fingerprint density at radius 3 is 2.73 bits per heavy atom. The lowest BCUT2D eigenvalue weighted by atomic mass is 9.92. The van der Waals surface area contributed by atoms with Gasteiger partial charge in [0.1, 0.15) is 11.6 Å². The fraction of sp³-hybridized carbons (Fsp3) is 0.294. The number of ether oxygens (including phenoxy) is 1. The Labute approximate surface area is 153 Å². The Balaban J connectivity index is 1.89. The number of carbonyl (C=O) groups excluding carboxylic acids is 2. The molecule has 2 heterocycles. The number of hydrogen-bond donors (Lipinski definition) is 3. The van der Waals surface area contributed by atoms with E-state index in [4.69, 9.17) is 4.74 Å². The molecular formula is C17H18N4O4S. The lowest BCUT2D eigenvalue weighted by Crippen LogP contribution is -2.36. The van der Waals surface area contributed by atoms with E-state index in [1.807, 2.05) is 6.92 Å². The number of rotatable bonds is 5. The summed E-state index contributed by atoms with van der Waals surface area (Å²) in [5.41, 5.74) is 0.308. The van der Waals surface area contributed by atoms with Crippen LogP contribution in [0.25, 0.3) is 0 Å². The third-order valence-electron chi connectivity index (χ3n) is 3.88. The number of aromatic nitrogens is 2. The number of hydrogen-bond acceptors (Lipinski definition) is 6. The average molecular weight is 374 g/mol. The molecule has 1 aromatic carbocycles. The number of H-pyrrole nitrogens is 1. The van der Waals surface area contributed by atoms with Gasteiger partial charge in [0.25, 0.3) is 5.56 Å². The van der Waals surface area contributed by atoms with Crippen LogP contribution in [-0.4, -0.2) is 34.6 Å². The van der Waals surface area contributed by atoms with Gasteiger partial charge in [0.05, 0.1) is 18.6 Å². The SMILES string of the molecule is CCSc1nc2c(c(=O)[nH]1)[C@@H](C(=O)Nc1ccc(OC)cc1)CC(=O)N2. The van der Waals surface area contributed by atoms with E-state index in [0.29, 0.717) is 16.6 Å². The molecule has 0 bridgehead atoms. The standard InChI is InChI=1S/C17H18N4O4S/c1-3-26-17-20-14-13(16(24)21-17)11(8-12(22)19-14)15(23)18-9-4-6-10(25-2)7-5-9/h4-7,11H,3,8H2,1-2H3,(H,18,23)(H2,19,20,21,22,24)/t11-/m0/s1. The molecule has 0 saturated carbocycles. The second-order valence-corrected chi connectivity index (χ2v) is 6.84. The van der Waals surface area contributed by atoms with E-state index < -0.39 is 17.4 Å². The van der Waals surface area contributed by atoms with E-state index in [1.165, 1.54) is 11.8 Å². The van der Waals surface area contributed by atoms with Crippen LogP contribution in [0.3, 0.4) is 0 Å². The highest BCUT2D eigenvalue weighted by atomic mass is 32.2. The molecule has 1 atom stereocenters. The van der Waals surface area contributed by atoms with Crippen molar-refractivity contribution in [3.63, 3.8) is 0 Å². The van der Waals surface area contributed by atoms with Gasteiger partial charge in [-0.25, -0.2) is 4.98 Å². The Bertz CT molecular complexity index is 895. The van der Waals surface area contributed by atoms with E-state index in [1.54, 1.807) is 31.4 Å². The van der Waals surface area contributed by atoms with Crippen LogP contribution in [0.4, 0.5) is 11.5 Å². The zero-order chi connectivity index (χ0) is 18.7. The molecule has 0 spiro atoms. The van der Waals surface area contributed by atoms with E-state index in [0.717, 1.165) is 5.75 Å². The van der Waals surface area contributed by atoms with Crippen LogP contribution in [0.5, 0.6) is 5.75 Å². The van der Waals surface area contributed by atoms with Gasteiger partial charge in [0.2, 0.25) is 11.8 Å². The number of benzene rings is 1. The number of anilines is 2. The monoisotopic (exact) mass is 374 g/mol. The summed E-state index contributed by atoms with van der Waals surface area (Å²) in [6.45, 7) is 1.92. The molecular weight excluding hydrogens is 356 g/mol. The van der Waals surface area contributed by atoms with Gasteiger partial charge in [-0.3, -0.25) is 14.4 Å². The summed E-state index contributed by atoms with van der Waals surface area (Å²) < 4.78 is 5.08. The average Bonchev–Trinajstić information content (AvgIpc) is 2.61. The van der Waals surface area contributed by atoms with Crippen molar-refractivity contribution >= 4 is 35.1 Å². The van der Waals surface area contributed by atoms with Gasteiger partial charge in [-0.05, 0) is 30.0 Å². The topological polar surface area (TPSA) is 113 Å². The van der Waals surface area contributed by atoms with Gasteiger partial charge in [-0.1, -0.05) is 18.7 Å². The van der Waals surface area contributed by atoms with Crippen LogP contribution in [0.2, 0.25) is 0 Å². The Morgan fingerprint density at radius 2 is 2.08 bits per heavy atom. The molecule has 9 heteroatoms. The lowest BCUT2D eigenvalue weighted by Gasteiger charge is -2.23. The van der Waals surface area contributed by atoms with E-state index in [9.17, 15) is 14.4 Å². The van der Waals surface area contributed by atoms with Crippen molar-refractivity contribution in [2.24, 2.45) is 0 Å². The molecule has 0 saturated heterocycles. The van der Waals surface area contributed by atoms with Crippen LogP contribution in [-0.2, 0) is 9.59 Å². The molecule has 0 unspecified atom stereocenters. The first kappa shape index (κ1) is 18.0. The van der Waals surface area contributed by atoms with Crippen molar-refractivity contribution in [1.29, 1.82) is 0 Å². The maximum absolute atomic E-state index is 12.7. The van der Waals surface area contributed by atoms with E-state index in [-0.39, 0.29) is 23.7 Å². The van der Waals surface area contributed by atoms with Gasteiger partial charge in [0, 0.05) is 12.1 Å². The van der Waals surface area contributed by atoms with Crippen LogP contribution in [0.1, 0.15) is 24.8 Å². The van der Waals surface area contributed by atoms with Crippen LogP contribution < -0.4 is 20.9 Å². The van der Waals surface area contributed by atoms with Gasteiger partial charge < -0.3 is 20.4 Å². The summed E-state index contributed by atoms with van der Waals surface area (Å²) >= 11 is 1.35. The van der Waals surface area contributed by atoms with E-state index in [2.05, 4.69) is 20.6 Å². The van der Waals surface area contributed by atoms with Gasteiger partial charge in [-0.15, -0.1) is 0 Å². The molecule has 2 amide bonds. The molecule has 136 valence electrons. The fourth-order valence-corrected chi connectivity index (χ4v) is 3.28. The smallest absolute Gasteiger partial charge is 0.257 e. The second-order valence-electron chi connectivity index (χ2n) is 5.59. The number of amides is 2.